The molecule has 0 saturated carbocycles. The number of aromatic nitrogens is 4. The van der Waals surface area contributed by atoms with E-state index in [-0.39, 0.29) is 11.5 Å². The van der Waals surface area contributed by atoms with Gasteiger partial charge in [0.25, 0.3) is 0 Å². The Morgan fingerprint density at radius 1 is 1.06 bits per heavy atom. The van der Waals surface area contributed by atoms with Gasteiger partial charge in [-0.05, 0) is 24.3 Å². The number of carbonyl (C=O) groups is 1. The molecule has 2 aromatic carbocycles. The number of hydrogen-bond donors (Lipinski definition) is 0. The van der Waals surface area contributed by atoms with Crippen molar-refractivity contribution in [3.8, 4) is 34.6 Å². The third-order valence-electron chi connectivity index (χ3n) is 5.02. The van der Waals surface area contributed by atoms with Crippen molar-refractivity contribution in [3.05, 3.63) is 89.4 Å². The van der Waals surface area contributed by atoms with Crippen LogP contribution in [0, 0.1) is 11.3 Å². The molecule has 5 rings (SSSR count). The minimum Gasteiger partial charge on any atom is -0.461 e. The maximum atomic E-state index is 13.0. The molecule has 0 saturated heterocycles. The Bertz CT molecular complexity index is 1440. The topological polar surface area (TPSA) is 97.6 Å². The number of Topliss-reactive ketones (excluding diaryl/α,β-unsaturated/α-hetero) is 1. The monoisotopic (exact) mass is 483 g/mol. The average Bonchev–Trinajstić information content (AvgIpc) is 3.65. The number of benzene rings is 2. The van der Waals surface area contributed by atoms with Gasteiger partial charge in [-0.15, -0.1) is 21.5 Å². The number of para-hydroxylation sites is 1. The molecule has 7 nitrogen and oxygen atoms in total. The van der Waals surface area contributed by atoms with Crippen LogP contribution in [0.25, 0.3) is 28.5 Å². The molecule has 1 atom stereocenters. The number of thioether (sulfide) groups is 1. The summed E-state index contributed by atoms with van der Waals surface area (Å²) in [7, 11) is 0. The molecule has 0 fully saturated rings. The van der Waals surface area contributed by atoms with E-state index in [1.165, 1.54) is 23.1 Å². The minimum absolute atomic E-state index is 0.0571. The van der Waals surface area contributed by atoms with E-state index in [0.29, 0.717) is 21.7 Å². The number of furan rings is 1. The first-order valence-electron chi connectivity index (χ1n) is 10.4. The van der Waals surface area contributed by atoms with Crippen LogP contribution in [-0.2, 0) is 4.79 Å². The Hall–Kier alpha value is -4.00. The first-order chi connectivity index (χ1) is 16.7. The van der Waals surface area contributed by atoms with Crippen molar-refractivity contribution in [3.63, 3.8) is 0 Å². The first-order valence-corrected chi connectivity index (χ1v) is 12.2. The van der Waals surface area contributed by atoms with Crippen molar-refractivity contribution in [1.29, 1.82) is 5.26 Å². The number of nitriles is 1. The zero-order valence-corrected chi connectivity index (χ0v) is 19.4. The summed E-state index contributed by atoms with van der Waals surface area (Å²) in [5.74, 6) is -0.00555. The van der Waals surface area contributed by atoms with Gasteiger partial charge in [-0.3, -0.25) is 9.36 Å². The van der Waals surface area contributed by atoms with Crippen LogP contribution in [-0.4, -0.2) is 31.3 Å². The summed E-state index contributed by atoms with van der Waals surface area (Å²) in [6.45, 7) is 0. The summed E-state index contributed by atoms with van der Waals surface area (Å²) in [5.41, 5.74) is 2.55. The van der Waals surface area contributed by atoms with Crippen LogP contribution >= 0.6 is 23.1 Å². The van der Waals surface area contributed by atoms with Gasteiger partial charge in [-0.2, -0.15) is 5.26 Å². The molecule has 1 unspecified atom stereocenters. The van der Waals surface area contributed by atoms with E-state index in [0.717, 1.165) is 16.9 Å². The fourth-order valence-electron chi connectivity index (χ4n) is 3.38. The van der Waals surface area contributed by atoms with E-state index in [1.807, 2.05) is 76.7 Å². The Morgan fingerprint density at radius 3 is 2.53 bits per heavy atom. The zero-order valence-electron chi connectivity index (χ0n) is 17.7. The molecule has 9 heteroatoms. The Morgan fingerprint density at radius 2 is 1.82 bits per heavy atom. The van der Waals surface area contributed by atoms with Crippen molar-refractivity contribution >= 4 is 28.9 Å². The second-order valence-electron chi connectivity index (χ2n) is 7.21. The van der Waals surface area contributed by atoms with E-state index in [2.05, 4.69) is 21.3 Å². The molecular formula is C25H17N5O2S2. The molecule has 166 valence electrons. The van der Waals surface area contributed by atoms with Crippen LogP contribution in [0.2, 0.25) is 0 Å². The number of carbonyl (C=O) groups excluding carboxylic acids is 1. The zero-order chi connectivity index (χ0) is 23.3. The molecule has 0 bridgehead atoms. The van der Waals surface area contributed by atoms with Crippen LogP contribution in [0.5, 0.6) is 0 Å². The Labute approximate surface area is 203 Å². The molecule has 0 aliphatic rings. The number of rotatable bonds is 8. The van der Waals surface area contributed by atoms with E-state index in [9.17, 15) is 10.1 Å². The predicted octanol–water partition coefficient (Wildman–Crippen LogP) is 5.62. The highest BCUT2D eigenvalue weighted by Gasteiger charge is 2.26. The lowest BCUT2D eigenvalue weighted by Crippen LogP contribution is -2.13. The van der Waals surface area contributed by atoms with Gasteiger partial charge >= 0.3 is 0 Å². The normalized spacial score (nSPS) is 11.7. The maximum absolute atomic E-state index is 13.0. The van der Waals surface area contributed by atoms with Crippen molar-refractivity contribution in [2.45, 2.75) is 11.1 Å². The van der Waals surface area contributed by atoms with Crippen molar-refractivity contribution < 1.29 is 9.21 Å². The lowest BCUT2D eigenvalue weighted by Gasteiger charge is -2.09. The van der Waals surface area contributed by atoms with E-state index >= 15 is 0 Å². The van der Waals surface area contributed by atoms with Crippen molar-refractivity contribution in [2.24, 2.45) is 0 Å². The summed E-state index contributed by atoms with van der Waals surface area (Å²) in [6.07, 6.45) is 1.57. The highest BCUT2D eigenvalue weighted by Crippen LogP contribution is 2.31. The smallest absolute Gasteiger partial charge is 0.205 e. The fraction of sp³-hybridized carbons (Fsp3) is 0.0800. The standard InChI is InChI=1S/C25H17N5O2S2/c26-14-19(24-27-20(15-33-24)17-8-3-1-4-9-17)21(31)16-34-25-29-28-23(22-12-7-13-32-22)30(25)18-10-5-2-6-11-18/h1-13,15,19H,16H2. The van der Waals surface area contributed by atoms with Gasteiger partial charge in [-0.25, -0.2) is 4.98 Å². The van der Waals surface area contributed by atoms with Gasteiger partial charge in [0.2, 0.25) is 5.82 Å². The van der Waals surface area contributed by atoms with E-state index in [1.54, 1.807) is 12.3 Å². The molecule has 0 spiro atoms. The molecule has 5 aromatic rings. The molecule has 0 aliphatic heterocycles. The van der Waals surface area contributed by atoms with Crippen LogP contribution in [0.15, 0.2) is 94.0 Å². The summed E-state index contributed by atoms with van der Waals surface area (Å²) in [4.78, 5) is 17.6. The van der Waals surface area contributed by atoms with Gasteiger partial charge in [0.15, 0.2) is 22.6 Å². The third kappa shape index (κ3) is 4.41. The summed E-state index contributed by atoms with van der Waals surface area (Å²) in [5, 5.41) is 21.2. The number of thiazole rings is 1. The lowest BCUT2D eigenvalue weighted by atomic mass is 10.1. The average molecular weight is 484 g/mol. The highest BCUT2D eigenvalue weighted by molar-refractivity contribution is 7.99. The quantitative estimate of drug-likeness (QED) is 0.264. The Balaban J connectivity index is 1.37. The van der Waals surface area contributed by atoms with Crippen LogP contribution < -0.4 is 0 Å². The molecule has 3 heterocycles. The molecule has 0 radical (unpaired) electrons. The van der Waals surface area contributed by atoms with Gasteiger partial charge in [0, 0.05) is 16.6 Å². The van der Waals surface area contributed by atoms with Crippen LogP contribution in [0.1, 0.15) is 10.9 Å². The van der Waals surface area contributed by atoms with Crippen LogP contribution in [0.3, 0.4) is 0 Å². The summed E-state index contributed by atoms with van der Waals surface area (Å²) >= 11 is 2.55. The number of ketones is 1. The van der Waals surface area contributed by atoms with Gasteiger partial charge in [-0.1, -0.05) is 60.3 Å². The number of hydrogen-bond acceptors (Lipinski definition) is 8. The largest absolute Gasteiger partial charge is 0.461 e. The summed E-state index contributed by atoms with van der Waals surface area (Å²) < 4.78 is 7.37. The minimum atomic E-state index is -0.937. The van der Waals surface area contributed by atoms with Crippen molar-refractivity contribution in [2.75, 3.05) is 5.75 Å². The molecule has 34 heavy (non-hydrogen) atoms. The van der Waals surface area contributed by atoms with Gasteiger partial charge in [0.1, 0.15) is 5.01 Å². The lowest BCUT2D eigenvalue weighted by molar-refractivity contribution is -0.116. The van der Waals surface area contributed by atoms with Gasteiger partial charge in [0.05, 0.1) is 23.8 Å². The molecular weight excluding hydrogens is 466 g/mol. The maximum Gasteiger partial charge on any atom is 0.205 e. The molecule has 0 N–H and O–H groups in total. The number of nitrogens with zero attached hydrogens (tertiary/aromatic N) is 5. The Kier molecular flexibility index (Phi) is 6.33. The third-order valence-corrected chi connectivity index (χ3v) is 6.88. The van der Waals surface area contributed by atoms with Gasteiger partial charge < -0.3 is 4.42 Å². The first kappa shape index (κ1) is 21.8. The van der Waals surface area contributed by atoms with Crippen molar-refractivity contribution in [1.82, 2.24) is 19.7 Å². The second-order valence-corrected chi connectivity index (χ2v) is 9.04. The SMILES string of the molecule is N#CC(C(=O)CSc1nnc(-c2ccco2)n1-c1ccccc1)c1nc(-c2ccccc2)cs1. The van der Waals surface area contributed by atoms with Crippen LogP contribution in [0.4, 0.5) is 0 Å². The van der Waals surface area contributed by atoms with E-state index < -0.39 is 5.92 Å². The van der Waals surface area contributed by atoms with E-state index in [4.69, 9.17) is 4.42 Å². The molecule has 0 aliphatic carbocycles. The fourth-order valence-corrected chi connectivity index (χ4v) is 5.13. The second kappa shape index (κ2) is 9.87. The summed E-state index contributed by atoms with van der Waals surface area (Å²) in [6, 6.07) is 25.0. The molecule has 3 aromatic heterocycles. The predicted molar refractivity (Wildman–Crippen MR) is 131 cm³/mol. The molecule has 0 amide bonds. The highest BCUT2D eigenvalue weighted by atomic mass is 32.2.